The van der Waals surface area contributed by atoms with Gasteiger partial charge in [-0.1, -0.05) is 0 Å². The van der Waals surface area contributed by atoms with Crippen molar-refractivity contribution in [1.82, 2.24) is 0 Å². The van der Waals surface area contributed by atoms with Crippen LogP contribution in [0, 0.1) is 11.3 Å². The molecule has 0 aromatic heterocycles. The summed E-state index contributed by atoms with van der Waals surface area (Å²) in [4.78, 5) is 11.6. The van der Waals surface area contributed by atoms with Crippen molar-refractivity contribution in [2.75, 3.05) is 6.61 Å². The van der Waals surface area contributed by atoms with Crippen LogP contribution in [0.25, 0.3) is 0 Å². The molecule has 0 aliphatic rings. The van der Waals surface area contributed by atoms with Crippen LogP contribution in [0.4, 0.5) is 13.2 Å². The van der Waals surface area contributed by atoms with Gasteiger partial charge in [0.2, 0.25) is 0 Å². The first kappa shape index (κ1) is 15.8. The minimum atomic E-state index is -4.96. The van der Waals surface area contributed by atoms with Gasteiger partial charge >= 0.3 is 12.3 Å². The second kappa shape index (κ2) is 6.25. The van der Waals surface area contributed by atoms with Gasteiger partial charge in [-0.3, -0.25) is 0 Å². The highest BCUT2D eigenvalue weighted by Gasteiger charge is 2.32. The first-order valence-corrected chi connectivity index (χ1v) is 5.43. The zero-order valence-electron chi connectivity index (χ0n) is 10.3. The largest absolute Gasteiger partial charge is 0.573 e. The third-order valence-corrected chi connectivity index (χ3v) is 2.23. The molecule has 0 spiro atoms. The van der Waals surface area contributed by atoms with E-state index < -0.39 is 24.7 Å². The Balaban J connectivity index is 3.35. The first-order valence-electron chi connectivity index (χ1n) is 5.43. The van der Waals surface area contributed by atoms with Crippen LogP contribution >= 0.6 is 0 Å². The molecule has 0 aliphatic heterocycles. The van der Waals surface area contributed by atoms with E-state index in [-0.39, 0.29) is 23.3 Å². The first-order chi connectivity index (χ1) is 9.32. The van der Waals surface area contributed by atoms with Crippen LogP contribution in [-0.2, 0) is 11.3 Å². The van der Waals surface area contributed by atoms with Crippen LogP contribution in [0.3, 0.4) is 0 Å². The standard InChI is InChI=1S/C12H10F3NO4/c1-2-19-11(18)9-4-8(20-12(13,14)15)3-7(5-16)10(9)6-17/h3-4,17H,2,6H2,1H3. The zero-order valence-corrected chi connectivity index (χ0v) is 10.3. The van der Waals surface area contributed by atoms with E-state index in [1.807, 2.05) is 0 Å². The Morgan fingerprint density at radius 1 is 1.45 bits per heavy atom. The van der Waals surface area contributed by atoms with Crippen molar-refractivity contribution in [3.63, 3.8) is 0 Å². The molecule has 0 heterocycles. The molecule has 0 atom stereocenters. The number of aliphatic hydroxyl groups excluding tert-OH is 1. The quantitative estimate of drug-likeness (QED) is 0.859. The molecule has 0 amide bonds. The maximum absolute atomic E-state index is 12.2. The molecule has 0 bridgehead atoms. The van der Waals surface area contributed by atoms with E-state index in [9.17, 15) is 18.0 Å². The highest BCUT2D eigenvalue weighted by atomic mass is 19.4. The van der Waals surface area contributed by atoms with Gasteiger partial charge in [0.15, 0.2) is 0 Å². The topological polar surface area (TPSA) is 79.5 Å². The highest BCUT2D eigenvalue weighted by molar-refractivity contribution is 5.92. The Labute approximate surface area is 112 Å². The molecule has 0 radical (unpaired) electrons. The lowest BCUT2D eigenvalue weighted by molar-refractivity contribution is -0.274. The van der Waals surface area contributed by atoms with E-state index in [1.54, 1.807) is 6.07 Å². The van der Waals surface area contributed by atoms with Gasteiger partial charge in [0.05, 0.1) is 30.4 Å². The Hall–Kier alpha value is -2.27. The Bertz CT molecular complexity index is 549. The van der Waals surface area contributed by atoms with Gasteiger partial charge in [0, 0.05) is 5.56 Å². The molecule has 1 N–H and O–H groups in total. The number of carbonyl (C=O) groups is 1. The molecule has 1 aromatic carbocycles. The van der Waals surface area contributed by atoms with E-state index in [2.05, 4.69) is 9.47 Å². The second-order valence-corrected chi connectivity index (χ2v) is 3.54. The summed E-state index contributed by atoms with van der Waals surface area (Å²) in [7, 11) is 0. The maximum Gasteiger partial charge on any atom is 0.573 e. The van der Waals surface area contributed by atoms with Crippen molar-refractivity contribution in [3.05, 3.63) is 28.8 Å². The van der Waals surface area contributed by atoms with Gasteiger partial charge in [-0.05, 0) is 19.1 Å². The molecule has 0 saturated heterocycles. The third kappa shape index (κ3) is 3.86. The smallest absolute Gasteiger partial charge is 0.462 e. The lowest BCUT2D eigenvalue weighted by Gasteiger charge is -2.13. The van der Waals surface area contributed by atoms with Gasteiger partial charge in [0.25, 0.3) is 0 Å². The predicted molar refractivity (Wildman–Crippen MR) is 59.7 cm³/mol. The summed E-state index contributed by atoms with van der Waals surface area (Å²) in [6.45, 7) is 0.817. The highest BCUT2D eigenvalue weighted by Crippen LogP contribution is 2.28. The number of rotatable bonds is 4. The van der Waals surface area contributed by atoms with Crippen molar-refractivity contribution in [2.45, 2.75) is 19.9 Å². The normalized spacial score (nSPS) is 10.8. The van der Waals surface area contributed by atoms with Crippen LogP contribution in [-0.4, -0.2) is 24.0 Å². The van der Waals surface area contributed by atoms with Gasteiger partial charge in [-0.25, -0.2) is 4.79 Å². The Morgan fingerprint density at radius 2 is 2.10 bits per heavy atom. The molecular weight excluding hydrogens is 279 g/mol. The number of alkyl halides is 3. The molecular formula is C12H10F3NO4. The number of aliphatic hydroxyl groups is 1. The maximum atomic E-state index is 12.2. The molecule has 0 aliphatic carbocycles. The Morgan fingerprint density at radius 3 is 2.55 bits per heavy atom. The predicted octanol–water partition coefficient (Wildman–Crippen LogP) is 2.13. The zero-order chi connectivity index (χ0) is 15.3. The van der Waals surface area contributed by atoms with Gasteiger partial charge in [-0.2, -0.15) is 5.26 Å². The van der Waals surface area contributed by atoms with E-state index in [1.165, 1.54) is 6.92 Å². The lowest BCUT2D eigenvalue weighted by atomic mass is 10.0. The second-order valence-electron chi connectivity index (χ2n) is 3.54. The number of benzene rings is 1. The van der Waals surface area contributed by atoms with Gasteiger partial charge in [-0.15, -0.1) is 13.2 Å². The molecule has 0 unspecified atom stereocenters. The average Bonchev–Trinajstić information content (AvgIpc) is 2.35. The minimum absolute atomic E-state index is 0.00402. The Kier molecular flexibility index (Phi) is 4.94. The van der Waals surface area contributed by atoms with Crippen LogP contribution in [0.1, 0.15) is 28.4 Å². The van der Waals surface area contributed by atoms with E-state index in [0.29, 0.717) is 0 Å². The van der Waals surface area contributed by atoms with Crippen molar-refractivity contribution in [1.29, 1.82) is 5.26 Å². The lowest BCUT2D eigenvalue weighted by Crippen LogP contribution is -2.18. The number of carbonyl (C=O) groups excluding carboxylic acids is 1. The monoisotopic (exact) mass is 289 g/mol. The summed E-state index contributed by atoms with van der Waals surface area (Å²) in [6.07, 6.45) is -4.96. The molecule has 5 nitrogen and oxygen atoms in total. The molecule has 108 valence electrons. The van der Waals surface area contributed by atoms with Crippen molar-refractivity contribution >= 4 is 5.97 Å². The molecule has 1 rings (SSSR count). The summed E-state index contributed by atoms with van der Waals surface area (Å²) >= 11 is 0. The number of halogens is 3. The van der Waals surface area contributed by atoms with Crippen molar-refractivity contribution in [3.8, 4) is 11.8 Å². The van der Waals surface area contributed by atoms with Gasteiger partial charge in [0.1, 0.15) is 5.75 Å². The van der Waals surface area contributed by atoms with Crippen molar-refractivity contribution in [2.24, 2.45) is 0 Å². The van der Waals surface area contributed by atoms with Gasteiger partial charge < -0.3 is 14.6 Å². The van der Waals surface area contributed by atoms with E-state index in [4.69, 9.17) is 10.4 Å². The summed E-state index contributed by atoms with van der Waals surface area (Å²) < 4.78 is 44.8. The van der Waals surface area contributed by atoms with Crippen LogP contribution in [0.5, 0.6) is 5.75 Å². The minimum Gasteiger partial charge on any atom is -0.462 e. The van der Waals surface area contributed by atoms with Crippen LogP contribution < -0.4 is 4.74 Å². The number of hydrogen-bond acceptors (Lipinski definition) is 5. The van der Waals surface area contributed by atoms with Crippen LogP contribution in [0.15, 0.2) is 12.1 Å². The molecule has 0 saturated carbocycles. The molecule has 20 heavy (non-hydrogen) atoms. The van der Waals surface area contributed by atoms with Crippen molar-refractivity contribution < 1.29 is 32.5 Å². The number of nitrogens with zero attached hydrogens (tertiary/aromatic N) is 1. The number of ether oxygens (including phenoxy) is 2. The SMILES string of the molecule is CCOC(=O)c1cc(OC(F)(F)F)cc(C#N)c1CO. The number of nitriles is 1. The number of hydrogen-bond donors (Lipinski definition) is 1. The summed E-state index contributed by atoms with van der Waals surface area (Å²) in [5.74, 6) is -1.67. The van der Waals surface area contributed by atoms with E-state index in [0.717, 1.165) is 12.1 Å². The van der Waals surface area contributed by atoms with E-state index >= 15 is 0 Å². The fraction of sp³-hybridized carbons (Fsp3) is 0.333. The van der Waals surface area contributed by atoms with Crippen LogP contribution in [0.2, 0.25) is 0 Å². The third-order valence-electron chi connectivity index (χ3n) is 2.23. The molecule has 8 heteroatoms. The summed E-state index contributed by atoms with van der Waals surface area (Å²) in [5, 5.41) is 18.0. The molecule has 1 aromatic rings. The fourth-order valence-corrected chi connectivity index (χ4v) is 1.50. The number of esters is 1. The summed E-state index contributed by atoms with van der Waals surface area (Å²) in [6, 6.07) is 3.16. The average molecular weight is 289 g/mol. The molecule has 0 fully saturated rings. The fourth-order valence-electron chi connectivity index (χ4n) is 1.50. The summed E-state index contributed by atoms with van der Waals surface area (Å²) in [5.41, 5.74) is -0.745.